The summed E-state index contributed by atoms with van der Waals surface area (Å²) in [5.41, 5.74) is 1.87. The van der Waals surface area contributed by atoms with Crippen LogP contribution in [0.3, 0.4) is 0 Å². The highest BCUT2D eigenvalue weighted by atomic mass is 79.9. The lowest BCUT2D eigenvalue weighted by Crippen LogP contribution is -2.00. The van der Waals surface area contributed by atoms with Gasteiger partial charge in [0.15, 0.2) is 0 Å². The van der Waals surface area contributed by atoms with Gasteiger partial charge in [0, 0.05) is 10.9 Å². The van der Waals surface area contributed by atoms with Crippen molar-refractivity contribution in [1.82, 2.24) is 0 Å². The lowest BCUT2D eigenvalue weighted by atomic mass is 10.0. The van der Waals surface area contributed by atoms with Crippen molar-refractivity contribution in [1.29, 1.82) is 5.26 Å². The van der Waals surface area contributed by atoms with Crippen molar-refractivity contribution >= 4 is 21.7 Å². The highest BCUT2D eigenvalue weighted by Gasteiger charge is 2.05. The topological polar surface area (TPSA) is 40.9 Å². The average molecular weight is 252 g/mol. The maximum Gasteiger partial charge on any atom is 0.134 e. The molecule has 0 bridgehead atoms. The van der Waals surface area contributed by atoms with Crippen molar-refractivity contribution in [3.63, 3.8) is 0 Å². The molecule has 0 aliphatic carbocycles. The van der Waals surface area contributed by atoms with Gasteiger partial charge >= 0.3 is 0 Å². The van der Waals surface area contributed by atoms with E-state index < -0.39 is 0 Å². The lowest BCUT2D eigenvalue weighted by Gasteiger charge is -2.05. The Morgan fingerprint density at radius 2 is 2.21 bits per heavy atom. The van der Waals surface area contributed by atoms with E-state index in [4.69, 9.17) is 5.26 Å². The second kappa shape index (κ2) is 4.92. The van der Waals surface area contributed by atoms with Gasteiger partial charge in [0.1, 0.15) is 5.78 Å². The summed E-state index contributed by atoms with van der Waals surface area (Å²) < 4.78 is 0.940. The number of nitrogens with zero attached hydrogens (tertiary/aromatic N) is 1. The molecule has 72 valence electrons. The first-order chi connectivity index (χ1) is 6.63. The third-order valence-electron chi connectivity index (χ3n) is 1.88. The highest BCUT2D eigenvalue weighted by Crippen LogP contribution is 2.17. The lowest BCUT2D eigenvalue weighted by molar-refractivity contribution is -0.116. The predicted molar refractivity (Wildman–Crippen MR) is 57.8 cm³/mol. The van der Waals surface area contributed by atoms with Crippen LogP contribution in [-0.2, 0) is 17.6 Å². The van der Waals surface area contributed by atoms with Crippen LogP contribution in [0.1, 0.15) is 18.1 Å². The van der Waals surface area contributed by atoms with Gasteiger partial charge < -0.3 is 0 Å². The van der Waals surface area contributed by atoms with Gasteiger partial charge in [-0.3, -0.25) is 4.79 Å². The number of halogens is 1. The predicted octanol–water partition coefficient (Wildman–Crippen LogP) is 2.65. The Balaban J connectivity index is 3.03. The van der Waals surface area contributed by atoms with E-state index in [1.165, 1.54) is 0 Å². The molecule has 1 aromatic rings. The summed E-state index contributed by atoms with van der Waals surface area (Å²) in [7, 11) is 0. The Morgan fingerprint density at radius 1 is 1.50 bits per heavy atom. The fraction of sp³-hybridized carbons (Fsp3) is 0.273. The minimum Gasteiger partial charge on any atom is -0.300 e. The Labute approximate surface area is 91.7 Å². The summed E-state index contributed by atoms with van der Waals surface area (Å²) in [6.45, 7) is 1.55. The minimum absolute atomic E-state index is 0.113. The number of carbonyl (C=O) groups is 1. The molecule has 0 atom stereocenters. The Morgan fingerprint density at radius 3 is 2.79 bits per heavy atom. The molecule has 2 nitrogen and oxygen atoms in total. The van der Waals surface area contributed by atoms with E-state index in [2.05, 4.69) is 22.0 Å². The number of ketones is 1. The van der Waals surface area contributed by atoms with Gasteiger partial charge in [-0.25, -0.2) is 0 Å². The van der Waals surface area contributed by atoms with Gasteiger partial charge in [0.05, 0.1) is 12.5 Å². The monoisotopic (exact) mass is 251 g/mol. The van der Waals surface area contributed by atoms with Crippen molar-refractivity contribution in [3.05, 3.63) is 33.8 Å². The van der Waals surface area contributed by atoms with Crippen LogP contribution in [0.15, 0.2) is 22.7 Å². The molecule has 3 heteroatoms. The van der Waals surface area contributed by atoms with Crippen LogP contribution in [0.5, 0.6) is 0 Å². The molecular weight excluding hydrogens is 242 g/mol. The van der Waals surface area contributed by atoms with E-state index >= 15 is 0 Å². The van der Waals surface area contributed by atoms with Crippen LogP contribution in [0.4, 0.5) is 0 Å². The van der Waals surface area contributed by atoms with Gasteiger partial charge in [0.25, 0.3) is 0 Å². The number of rotatable bonds is 3. The van der Waals surface area contributed by atoms with Crippen molar-refractivity contribution in [3.8, 4) is 6.07 Å². The van der Waals surface area contributed by atoms with Crippen LogP contribution < -0.4 is 0 Å². The number of benzene rings is 1. The molecule has 0 saturated carbocycles. The zero-order chi connectivity index (χ0) is 10.6. The summed E-state index contributed by atoms with van der Waals surface area (Å²) in [6.07, 6.45) is 0.756. The summed E-state index contributed by atoms with van der Waals surface area (Å²) in [5, 5.41) is 8.60. The van der Waals surface area contributed by atoms with Crippen molar-refractivity contribution in [2.45, 2.75) is 19.8 Å². The van der Waals surface area contributed by atoms with E-state index in [1.54, 1.807) is 6.92 Å². The summed E-state index contributed by atoms with van der Waals surface area (Å²) in [6, 6.07) is 7.75. The van der Waals surface area contributed by atoms with Crippen LogP contribution >= 0.6 is 15.9 Å². The Kier molecular flexibility index (Phi) is 3.84. The van der Waals surface area contributed by atoms with Crippen LogP contribution in [0.2, 0.25) is 0 Å². The van der Waals surface area contributed by atoms with Crippen LogP contribution in [-0.4, -0.2) is 5.78 Å². The van der Waals surface area contributed by atoms with Gasteiger partial charge in [-0.05, 0) is 30.2 Å². The molecule has 0 aliphatic heterocycles. The largest absolute Gasteiger partial charge is 0.300 e. The maximum atomic E-state index is 11.0. The molecule has 1 aromatic carbocycles. The molecule has 0 unspecified atom stereocenters. The normalized spacial score (nSPS) is 9.50. The second-order valence-electron chi connectivity index (χ2n) is 3.13. The molecule has 0 amide bonds. The molecule has 0 saturated heterocycles. The maximum absolute atomic E-state index is 11.0. The standard InChI is InChI=1S/C11H10BrNO/c1-8(14)6-10-7-11(12)3-2-9(10)4-5-13/h2-3,7H,4,6H2,1H3. The summed E-state index contributed by atoms with van der Waals surface area (Å²) >= 11 is 3.34. The van der Waals surface area contributed by atoms with E-state index in [-0.39, 0.29) is 5.78 Å². The van der Waals surface area contributed by atoms with Crippen molar-refractivity contribution in [2.24, 2.45) is 0 Å². The number of carbonyl (C=O) groups excluding carboxylic acids is 1. The van der Waals surface area contributed by atoms with Crippen LogP contribution in [0.25, 0.3) is 0 Å². The van der Waals surface area contributed by atoms with E-state index in [1.807, 2.05) is 18.2 Å². The van der Waals surface area contributed by atoms with Gasteiger partial charge in [-0.15, -0.1) is 0 Å². The molecule has 0 N–H and O–H groups in total. The zero-order valence-corrected chi connectivity index (χ0v) is 9.47. The Hall–Kier alpha value is -1.14. The molecule has 0 aromatic heterocycles. The third kappa shape index (κ3) is 2.97. The third-order valence-corrected chi connectivity index (χ3v) is 2.37. The molecule has 14 heavy (non-hydrogen) atoms. The second-order valence-corrected chi connectivity index (χ2v) is 4.04. The molecule has 0 heterocycles. The molecule has 0 fully saturated rings. The molecule has 0 spiro atoms. The summed E-state index contributed by atoms with van der Waals surface area (Å²) in [4.78, 5) is 11.0. The molecule has 0 radical (unpaired) electrons. The van der Waals surface area contributed by atoms with E-state index in [9.17, 15) is 4.79 Å². The number of Topliss-reactive ketones (excluding diaryl/α,β-unsaturated/α-hetero) is 1. The number of hydrogen-bond donors (Lipinski definition) is 0. The van der Waals surface area contributed by atoms with E-state index in [0.717, 1.165) is 15.6 Å². The van der Waals surface area contributed by atoms with E-state index in [0.29, 0.717) is 12.8 Å². The molecule has 0 aliphatic rings. The van der Waals surface area contributed by atoms with Gasteiger partial charge in [0.2, 0.25) is 0 Å². The SMILES string of the molecule is CC(=O)Cc1cc(Br)ccc1CC#N. The number of hydrogen-bond acceptors (Lipinski definition) is 2. The molecule has 1 rings (SSSR count). The van der Waals surface area contributed by atoms with Crippen molar-refractivity contribution < 1.29 is 4.79 Å². The number of nitriles is 1. The fourth-order valence-electron chi connectivity index (χ4n) is 1.28. The first-order valence-electron chi connectivity index (χ1n) is 4.27. The minimum atomic E-state index is 0.113. The smallest absolute Gasteiger partial charge is 0.134 e. The zero-order valence-electron chi connectivity index (χ0n) is 7.88. The van der Waals surface area contributed by atoms with Crippen molar-refractivity contribution in [2.75, 3.05) is 0 Å². The Bertz CT molecular complexity index is 393. The quantitative estimate of drug-likeness (QED) is 0.829. The van der Waals surface area contributed by atoms with Gasteiger partial charge in [-0.2, -0.15) is 5.26 Å². The first-order valence-corrected chi connectivity index (χ1v) is 5.06. The average Bonchev–Trinajstić information content (AvgIpc) is 2.09. The molecular formula is C11H10BrNO. The first kappa shape index (κ1) is 10.9. The fourth-order valence-corrected chi connectivity index (χ4v) is 1.69. The van der Waals surface area contributed by atoms with Gasteiger partial charge in [-0.1, -0.05) is 22.0 Å². The van der Waals surface area contributed by atoms with Crippen LogP contribution in [0, 0.1) is 11.3 Å². The highest BCUT2D eigenvalue weighted by molar-refractivity contribution is 9.10. The summed E-state index contributed by atoms with van der Waals surface area (Å²) in [5.74, 6) is 0.113.